The molecule has 3 N–H and O–H groups in total. The van der Waals surface area contributed by atoms with Gasteiger partial charge in [0.1, 0.15) is 5.82 Å². The number of nitrogens with one attached hydrogen (secondary N) is 1. The topological polar surface area (TPSA) is 72.9 Å². The maximum atomic E-state index is 11.8. The molecule has 0 atom stereocenters. The van der Waals surface area contributed by atoms with Crippen LogP contribution in [0.25, 0.3) is 11.0 Å². The molecule has 2 rings (SSSR count). The highest BCUT2D eigenvalue weighted by atomic mass is 16.1. The van der Waals surface area contributed by atoms with Gasteiger partial charge in [-0.25, -0.2) is 4.98 Å². The van der Waals surface area contributed by atoms with Crippen LogP contribution in [0.3, 0.4) is 0 Å². The molecule has 5 heteroatoms. The van der Waals surface area contributed by atoms with Crippen LogP contribution in [0.5, 0.6) is 0 Å². The summed E-state index contributed by atoms with van der Waals surface area (Å²) in [5.74, 6) is 1.12. The number of benzene rings is 1. The second-order valence-electron chi connectivity index (χ2n) is 5.28. The van der Waals surface area contributed by atoms with E-state index in [1.807, 2.05) is 25.1 Å². The van der Waals surface area contributed by atoms with Gasteiger partial charge in [-0.05, 0) is 31.0 Å². The Balaban J connectivity index is 2.20. The standard InChI is InChI=1S/C16H24N4O/c1-3-5-15-19-13-11-12(17)6-7-14(13)20(15)10-8-16(21)18-9-4-2/h6-7,11H,3-5,8-10,17H2,1-2H3,(H,18,21). The van der Waals surface area contributed by atoms with E-state index >= 15 is 0 Å². The van der Waals surface area contributed by atoms with Crippen molar-refractivity contribution >= 4 is 22.6 Å². The van der Waals surface area contributed by atoms with E-state index in [4.69, 9.17) is 5.73 Å². The zero-order chi connectivity index (χ0) is 15.2. The van der Waals surface area contributed by atoms with Gasteiger partial charge in [0, 0.05) is 31.6 Å². The highest BCUT2D eigenvalue weighted by Crippen LogP contribution is 2.20. The van der Waals surface area contributed by atoms with E-state index in [0.717, 1.165) is 48.4 Å². The molecule has 1 aromatic heterocycles. The third kappa shape index (κ3) is 3.74. The zero-order valence-corrected chi connectivity index (χ0v) is 12.9. The smallest absolute Gasteiger partial charge is 0.221 e. The van der Waals surface area contributed by atoms with Crippen molar-refractivity contribution in [2.75, 3.05) is 12.3 Å². The second kappa shape index (κ2) is 7.11. The molecule has 0 aliphatic carbocycles. The van der Waals surface area contributed by atoms with Crippen LogP contribution in [0.2, 0.25) is 0 Å². The van der Waals surface area contributed by atoms with E-state index in [9.17, 15) is 4.79 Å². The lowest BCUT2D eigenvalue weighted by molar-refractivity contribution is -0.121. The molecule has 0 radical (unpaired) electrons. The summed E-state index contributed by atoms with van der Waals surface area (Å²) in [4.78, 5) is 16.4. The minimum absolute atomic E-state index is 0.0941. The number of aromatic nitrogens is 2. The molecule has 5 nitrogen and oxygen atoms in total. The van der Waals surface area contributed by atoms with Gasteiger partial charge in [0.2, 0.25) is 5.91 Å². The van der Waals surface area contributed by atoms with Crippen molar-refractivity contribution in [3.63, 3.8) is 0 Å². The Morgan fingerprint density at radius 3 is 2.86 bits per heavy atom. The van der Waals surface area contributed by atoms with Crippen molar-refractivity contribution in [2.24, 2.45) is 0 Å². The lowest BCUT2D eigenvalue weighted by atomic mass is 10.2. The average Bonchev–Trinajstić information content (AvgIpc) is 2.79. The van der Waals surface area contributed by atoms with Crippen LogP contribution < -0.4 is 11.1 Å². The zero-order valence-electron chi connectivity index (χ0n) is 12.9. The van der Waals surface area contributed by atoms with Gasteiger partial charge >= 0.3 is 0 Å². The third-order valence-electron chi connectivity index (χ3n) is 3.46. The molecular formula is C16H24N4O. The molecule has 0 unspecified atom stereocenters. The Kier molecular flexibility index (Phi) is 5.20. The van der Waals surface area contributed by atoms with Crippen molar-refractivity contribution in [1.29, 1.82) is 0 Å². The highest BCUT2D eigenvalue weighted by molar-refractivity contribution is 5.80. The van der Waals surface area contributed by atoms with Crippen molar-refractivity contribution in [2.45, 2.75) is 46.1 Å². The number of rotatable bonds is 7. The lowest BCUT2D eigenvalue weighted by Gasteiger charge is -2.09. The molecule has 114 valence electrons. The summed E-state index contributed by atoms with van der Waals surface area (Å²) in [6, 6.07) is 5.76. The van der Waals surface area contributed by atoms with Gasteiger partial charge in [-0.1, -0.05) is 13.8 Å². The van der Waals surface area contributed by atoms with E-state index in [1.165, 1.54) is 0 Å². The molecule has 0 aliphatic heterocycles. The van der Waals surface area contributed by atoms with Crippen molar-refractivity contribution < 1.29 is 4.79 Å². The number of hydrogen-bond acceptors (Lipinski definition) is 3. The monoisotopic (exact) mass is 288 g/mol. The van der Waals surface area contributed by atoms with Gasteiger partial charge < -0.3 is 15.6 Å². The SMILES string of the molecule is CCCNC(=O)CCn1c(CCC)nc2cc(N)ccc21. The lowest BCUT2D eigenvalue weighted by Crippen LogP contribution is -2.25. The minimum Gasteiger partial charge on any atom is -0.399 e. The Morgan fingerprint density at radius 2 is 2.14 bits per heavy atom. The van der Waals surface area contributed by atoms with Crippen molar-refractivity contribution in [3.05, 3.63) is 24.0 Å². The molecule has 0 aliphatic rings. The predicted octanol–water partition coefficient (Wildman–Crippen LogP) is 2.49. The van der Waals surface area contributed by atoms with Crippen LogP contribution >= 0.6 is 0 Å². The first-order valence-corrected chi connectivity index (χ1v) is 7.67. The van der Waals surface area contributed by atoms with E-state index < -0.39 is 0 Å². The largest absolute Gasteiger partial charge is 0.399 e. The number of carbonyl (C=O) groups is 1. The molecule has 0 spiro atoms. The van der Waals surface area contributed by atoms with Gasteiger partial charge in [-0.15, -0.1) is 0 Å². The Labute approximate surface area is 125 Å². The van der Waals surface area contributed by atoms with E-state index in [0.29, 0.717) is 13.0 Å². The molecule has 1 amide bonds. The first kappa shape index (κ1) is 15.4. The summed E-state index contributed by atoms with van der Waals surface area (Å²) in [7, 11) is 0. The molecule has 1 aromatic carbocycles. The maximum Gasteiger partial charge on any atom is 0.221 e. The quantitative estimate of drug-likeness (QED) is 0.769. The Morgan fingerprint density at radius 1 is 1.33 bits per heavy atom. The number of hydrogen-bond donors (Lipinski definition) is 2. The van der Waals surface area contributed by atoms with Crippen LogP contribution in [0, 0.1) is 0 Å². The third-order valence-corrected chi connectivity index (χ3v) is 3.46. The average molecular weight is 288 g/mol. The molecule has 0 bridgehead atoms. The molecule has 0 saturated heterocycles. The summed E-state index contributed by atoms with van der Waals surface area (Å²) < 4.78 is 2.14. The summed E-state index contributed by atoms with van der Waals surface area (Å²) in [5, 5.41) is 2.91. The fourth-order valence-corrected chi connectivity index (χ4v) is 2.43. The first-order valence-electron chi connectivity index (χ1n) is 7.67. The number of nitrogens with zero attached hydrogens (tertiary/aromatic N) is 2. The molecule has 0 fully saturated rings. The van der Waals surface area contributed by atoms with Gasteiger partial charge in [0.05, 0.1) is 11.0 Å². The summed E-state index contributed by atoms with van der Waals surface area (Å²) in [6.07, 6.45) is 3.37. The second-order valence-corrected chi connectivity index (χ2v) is 5.28. The Hall–Kier alpha value is -2.04. The van der Waals surface area contributed by atoms with Gasteiger partial charge in [-0.2, -0.15) is 0 Å². The van der Waals surface area contributed by atoms with Crippen LogP contribution in [0.4, 0.5) is 5.69 Å². The fraction of sp³-hybridized carbons (Fsp3) is 0.500. The van der Waals surface area contributed by atoms with Gasteiger partial charge in [-0.3, -0.25) is 4.79 Å². The molecule has 2 aromatic rings. The first-order chi connectivity index (χ1) is 10.2. The van der Waals surface area contributed by atoms with Crippen LogP contribution in [0.15, 0.2) is 18.2 Å². The minimum atomic E-state index is 0.0941. The summed E-state index contributed by atoms with van der Waals surface area (Å²) in [6.45, 7) is 5.58. The fourth-order valence-electron chi connectivity index (χ4n) is 2.43. The normalized spacial score (nSPS) is 11.0. The van der Waals surface area contributed by atoms with E-state index in [1.54, 1.807) is 0 Å². The predicted molar refractivity (Wildman–Crippen MR) is 86.1 cm³/mol. The number of amides is 1. The van der Waals surface area contributed by atoms with Gasteiger partial charge in [0.25, 0.3) is 0 Å². The molecular weight excluding hydrogens is 264 g/mol. The van der Waals surface area contributed by atoms with Crippen molar-refractivity contribution in [3.8, 4) is 0 Å². The van der Waals surface area contributed by atoms with Crippen LogP contribution in [0.1, 0.15) is 38.9 Å². The molecule has 0 saturated carbocycles. The summed E-state index contributed by atoms with van der Waals surface area (Å²) in [5.41, 5.74) is 8.50. The number of fused-ring (bicyclic) bond motifs is 1. The number of carbonyl (C=O) groups excluding carboxylic acids is 1. The number of anilines is 1. The number of nitrogens with two attached hydrogens (primary N) is 1. The number of nitrogen functional groups attached to an aromatic ring is 1. The molecule has 1 heterocycles. The van der Waals surface area contributed by atoms with E-state index in [-0.39, 0.29) is 5.91 Å². The summed E-state index contributed by atoms with van der Waals surface area (Å²) >= 11 is 0. The molecule has 21 heavy (non-hydrogen) atoms. The van der Waals surface area contributed by atoms with Crippen LogP contribution in [-0.2, 0) is 17.8 Å². The van der Waals surface area contributed by atoms with Gasteiger partial charge in [0.15, 0.2) is 0 Å². The van der Waals surface area contributed by atoms with E-state index in [2.05, 4.69) is 21.8 Å². The van der Waals surface area contributed by atoms with Crippen LogP contribution in [-0.4, -0.2) is 22.0 Å². The Bertz CT molecular complexity index is 618. The number of aryl methyl sites for hydroxylation is 2. The maximum absolute atomic E-state index is 11.8. The van der Waals surface area contributed by atoms with Crippen molar-refractivity contribution in [1.82, 2.24) is 14.9 Å². The highest BCUT2D eigenvalue weighted by Gasteiger charge is 2.11. The number of imidazole rings is 1.